The Hall–Kier alpha value is -2.09. The van der Waals surface area contributed by atoms with Crippen LogP contribution in [0.25, 0.3) is 11.1 Å². The van der Waals surface area contributed by atoms with Gasteiger partial charge in [-0.3, -0.25) is 4.79 Å². The highest BCUT2D eigenvalue weighted by atomic mass is 16.5. The van der Waals surface area contributed by atoms with Crippen molar-refractivity contribution in [2.24, 2.45) is 0 Å². The Balaban J connectivity index is 2.58. The lowest BCUT2D eigenvalue weighted by Gasteiger charge is -2.08. The van der Waals surface area contributed by atoms with Gasteiger partial charge in [-0.15, -0.1) is 0 Å². The fourth-order valence-corrected chi connectivity index (χ4v) is 1.81. The number of carbonyl (C=O) groups excluding carboxylic acids is 1. The van der Waals surface area contributed by atoms with Gasteiger partial charge in [-0.1, -0.05) is 35.9 Å². The molecule has 0 spiro atoms. The van der Waals surface area contributed by atoms with E-state index in [1.165, 1.54) is 0 Å². The van der Waals surface area contributed by atoms with E-state index in [1.54, 1.807) is 7.11 Å². The second kappa shape index (κ2) is 4.83. The van der Waals surface area contributed by atoms with Crippen molar-refractivity contribution in [1.29, 1.82) is 0 Å². The molecule has 0 aromatic heterocycles. The molecule has 17 heavy (non-hydrogen) atoms. The van der Waals surface area contributed by atoms with Gasteiger partial charge in [-0.05, 0) is 30.2 Å². The molecule has 0 aliphatic rings. The molecule has 0 atom stereocenters. The SMILES string of the molecule is COc1cccc(-c2cc(C)ccc2C=O)c1. The first-order valence-corrected chi connectivity index (χ1v) is 5.45. The van der Waals surface area contributed by atoms with Gasteiger partial charge in [0, 0.05) is 5.56 Å². The van der Waals surface area contributed by atoms with Gasteiger partial charge in [0.1, 0.15) is 5.75 Å². The third-order valence-electron chi connectivity index (χ3n) is 2.72. The maximum absolute atomic E-state index is 11.0. The molecule has 2 aromatic carbocycles. The Morgan fingerprint density at radius 2 is 1.94 bits per heavy atom. The smallest absolute Gasteiger partial charge is 0.150 e. The first-order valence-electron chi connectivity index (χ1n) is 5.45. The van der Waals surface area contributed by atoms with E-state index in [2.05, 4.69) is 0 Å². The molecule has 2 rings (SSSR count). The van der Waals surface area contributed by atoms with E-state index >= 15 is 0 Å². The van der Waals surface area contributed by atoms with Crippen molar-refractivity contribution in [1.82, 2.24) is 0 Å². The number of aryl methyl sites for hydroxylation is 1. The third-order valence-corrected chi connectivity index (χ3v) is 2.72. The summed E-state index contributed by atoms with van der Waals surface area (Å²) in [5.41, 5.74) is 3.77. The first kappa shape index (κ1) is 11.4. The Bertz CT molecular complexity index is 544. The molecule has 2 aromatic rings. The van der Waals surface area contributed by atoms with Gasteiger partial charge in [0.15, 0.2) is 6.29 Å². The predicted molar refractivity (Wildman–Crippen MR) is 68.6 cm³/mol. The summed E-state index contributed by atoms with van der Waals surface area (Å²) >= 11 is 0. The van der Waals surface area contributed by atoms with E-state index in [9.17, 15) is 4.79 Å². The molecule has 0 fully saturated rings. The van der Waals surface area contributed by atoms with Gasteiger partial charge in [0.25, 0.3) is 0 Å². The number of hydrogen-bond acceptors (Lipinski definition) is 2. The van der Waals surface area contributed by atoms with Crippen LogP contribution in [0.2, 0.25) is 0 Å². The first-order chi connectivity index (χ1) is 8.24. The average molecular weight is 226 g/mol. The van der Waals surface area contributed by atoms with Crippen LogP contribution in [0.4, 0.5) is 0 Å². The van der Waals surface area contributed by atoms with E-state index in [-0.39, 0.29) is 0 Å². The van der Waals surface area contributed by atoms with Crippen LogP contribution in [0.3, 0.4) is 0 Å². The number of benzene rings is 2. The zero-order valence-corrected chi connectivity index (χ0v) is 9.94. The Morgan fingerprint density at radius 3 is 2.65 bits per heavy atom. The standard InChI is InChI=1S/C15H14O2/c1-11-6-7-13(10-16)15(8-11)12-4-3-5-14(9-12)17-2/h3-10H,1-2H3. The van der Waals surface area contributed by atoms with Crippen molar-refractivity contribution in [2.75, 3.05) is 7.11 Å². The minimum absolute atomic E-state index is 0.698. The minimum Gasteiger partial charge on any atom is -0.497 e. The number of carbonyl (C=O) groups is 1. The lowest BCUT2D eigenvalue weighted by Crippen LogP contribution is -1.90. The molecule has 0 N–H and O–H groups in total. The average Bonchev–Trinajstić information content (AvgIpc) is 2.39. The molecule has 86 valence electrons. The third kappa shape index (κ3) is 2.36. The zero-order chi connectivity index (χ0) is 12.3. The zero-order valence-electron chi connectivity index (χ0n) is 9.94. The summed E-state index contributed by atoms with van der Waals surface area (Å²) in [6.07, 6.45) is 0.883. The van der Waals surface area contributed by atoms with Gasteiger partial charge in [-0.25, -0.2) is 0 Å². The number of hydrogen-bond donors (Lipinski definition) is 0. The molecule has 0 bridgehead atoms. The maximum atomic E-state index is 11.0. The van der Waals surface area contributed by atoms with Crippen molar-refractivity contribution in [3.8, 4) is 16.9 Å². The molecule has 0 radical (unpaired) electrons. The van der Waals surface area contributed by atoms with Crippen molar-refractivity contribution in [2.45, 2.75) is 6.92 Å². The number of methoxy groups -OCH3 is 1. The Kier molecular flexibility index (Phi) is 3.24. The van der Waals surface area contributed by atoms with Crippen LogP contribution in [0, 0.1) is 6.92 Å². The molecular weight excluding hydrogens is 212 g/mol. The second-order valence-electron chi connectivity index (χ2n) is 3.94. The van der Waals surface area contributed by atoms with E-state index in [0.29, 0.717) is 5.56 Å². The van der Waals surface area contributed by atoms with Crippen molar-refractivity contribution in [3.05, 3.63) is 53.6 Å². The van der Waals surface area contributed by atoms with Crippen LogP contribution in [-0.2, 0) is 0 Å². The van der Waals surface area contributed by atoms with E-state index in [4.69, 9.17) is 4.74 Å². The van der Waals surface area contributed by atoms with Crippen molar-refractivity contribution < 1.29 is 9.53 Å². The molecule has 0 heterocycles. The highest BCUT2D eigenvalue weighted by Gasteiger charge is 2.05. The largest absolute Gasteiger partial charge is 0.497 e. The van der Waals surface area contributed by atoms with Crippen molar-refractivity contribution >= 4 is 6.29 Å². The summed E-state index contributed by atoms with van der Waals surface area (Å²) in [6.45, 7) is 2.01. The van der Waals surface area contributed by atoms with Gasteiger partial charge < -0.3 is 4.74 Å². The Morgan fingerprint density at radius 1 is 1.12 bits per heavy atom. The number of rotatable bonds is 3. The fraction of sp³-hybridized carbons (Fsp3) is 0.133. The molecule has 0 aliphatic heterocycles. The quantitative estimate of drug-likeness (QED) is 0.749. The van der Waals surface area contributed by atoms with Gasteiger partial charge in [0.05, 0.1) is 7.11 Å². The second-order valence-corrected chi connectivity index (χ2v) is 3.94. The predicted octanol–water partition coefficient (Wildman–Crippen LogP) is 3.48. The highest BCUT2D eigenvalue weighted by Crippen LogP contribution is 2.27. The lowest BCUT2D eigenvalue weighted by atomic mass is 9.98. The van der Waals surface area contributed by atoms with Crippen LogP contribution >= 0.6 is 0 Å². The monoisotopic (exact) mass is 226 g/mol. The summed E-state index contributed by atoms with van der Waals surface area (Å²) in [5, 5.41) is 0. The molecule has 0 amide bonds. The molecule has 0 saturated carbocycles. The van der Waals surface area contributed by atoms with Crippen LogP contribution < -0.4 is 4.74 Å². The summed E-state index contributed by atoms with van der Waals surface area (Å²) in [4.78, 5) is 11.0. The van der Waals surface area contributed by atoms with Crippen molar-refractivity contribution in [3.63, 3.8) is 0 Å². The Labute approximate surface area is 101 Å². The highest BCUT2D eigenvalue weighted by molar-refractivity contribution is 5.88. The summed E-state index contributed by atoms with van der Waals surface area (Å²) < 4.78 is 5.19. The summed E-state index contributed by atoms with van der Waals surface area (Å²) in [6, 6.07) is 13.5. The molecule has 0 aliphatic carbocycles. The summed E-state index contributed by atoms with van der Waals surface area (Å²) in [7, 11) is 1.63. The molecule has 0 saturated heterocycles. The normalized spacial score (nSPS) is 10.0. The van der Waals surface area contributed by atoms with Gasteiger partial charge in [0.2, 0.25) is 0 Å². The molecule has 0 unspecified atom stereocenters. The fourth-order valence-electron chi connectivity index (χ4n) is 1.81. The van der Waals surface area contributed by atoms with Crippen LogP contribution in [0.1, 0.15) is 15.9 Å². The molecule has 2 nitrogen and oxygen atoms in total. The maximum Gasteiger partial charge on any atom is 0.150 e. The van der Waals surface area contributed by atoms with E-state index < -0.39 is 0 Å². The van der Waals surface area contributed by atoms with Crippen LogP contribution in [-0.4, -0.2) is 13.4 Å². The summed E-state index contributed by atoms with van der Waals surface area (Å²) in [5.74, 6) is 0.792. The van der Waals surface area contributed by atoms with Gasteiger partial charge in [-0.2, -0.15) is 0 Å². The minimum atomic E-state index is 0.698. The molecular formula is C15H14O2. The molecule has 2 heteroatoms. The lowest BCUT2D eigenvalue weighted by molar-refractivity contribution is 0.112. The number of ether oxygens (including phenoxy) is 1. The number of aldehydes is 1. The van der Waals surface area contributed by atoms with E-state index in [0.717, 1.165) is 28.7 Å². The van der Waals surface area contributed by atoms with Gasteiger partial charge >= 0.3 is 0 Å². The van der Waals surface area contributed by atoms with Crippen LogP contribution in [0.15, 0.2) is 42.5 Å². The van der Waals surface area contributed by atoms with E-state index in [1.807, 2.05) is 49.4 Å². The topological polar surface area (TPSA) is 26.3 Å². The van der Waals surface area contributed by atoms with Crippen LogP contribution in [0.5, 0.6) is 5.75 Å².